The van der Waals surface area contributed by atoms with Gasteiger partial charge in [-0.3, -0.25) is 4.79 Å². The molecule has 1 aliphatic rings. The SMILES string of the molecule is CCCCCCCCCCCCCCCCCCCCCCCCC/C=C/C(O)C(COC1OC(CO)C(O)C(O)C1O)NC(=O)CCCCCCCCCCCCCCCCCCCCC. The van der Waals surface area contributed by atoms with E-state index >= 15 is 0 Å². The molecule has 9 nitrogen and oxygen atoms in total. The average Bonchev–Trinajstić information content (AvgIpc) is 3.33. The van der Waals surface area contributed by atoms with E-state index in [0.29, 0.717) is 6.42 Å². The van der Waals surface area contributed by atoms with Crippen molar-refractivity contribution in [1.82, 2.24) is 5.32 Å². The molecule has 1 saturated heterocycles. The van der Waals surface area contributed by atoms with Crippen LogP contribution in [0.5, 0.6) is 0 Å². The second kappa shape index (κ2) is 48.6. The van der Waals surface area contributed by atoms with E-state index in [1.807, 2.05) is 6.08 Å². The van der Waals surface area contributed by atoms with E-state index in [2.05, 4.69) is 19.2 Å². The van der Waals surface area contributed by atoms with Gasteiger partial charge in [-0.2, -0.15) is 0 Å². The Labute approximate surface area is 414 Å². The predicted octanol–water partition coefficient (Wildman–Crippen LogP) is 14.4. The maximum atomic E-state index is 13.0. The van der Waals surface area contributed by atoms with E-state index in [9.17, 15) is 30.3 Å². The Morgan fingerprint density at radius 2 is 0.821 bits per heavy atom. The fourth-order valence-electron chi connectivity index (χ4n) is 9.69. The second-order valence-electron chi connectivity index (χ2n) is 20.8. The average molecular weight is 953 g/mol. The minimum Gasteiger partial charge on any atom is -0.394 e. The number of rotatable bonds is 51. The molecule has 1 aliphatic heterocycles. The number of hydrogen-bond donors (Lipinski definition) is 6. The van der Waals surface area contributed by atoms with Crippen molar-refractivity contribution in [3.63, 3.8) is 0 Å². The van der Waals surface area contributed by atoms with E-state index in [0.717, 1.165) is 38.5 Å². The van der Waals surface area contributed by atoms with E-state index in [1.165, 1.54) is 238 Å². The lowest BCUT2D eigenvalue weighted by Gasteiger charge is -2.40. The summed E-state index contributed by atoms with van der Waals surface area (Å²) in [6.07, 6.45) is 52.8. The van der Waals surface area contributed by atoms with E-state index in [-0.39, 0.29) is 12.5 Å². The van der Waals surface area contributed by atoms with Crippen LogP contribution >= 0.6 is 0 Å². The van der Waals surface area contributed by atoms with Crippen LogP contribution in [0.15, 0.2) is 12.2 Å². The summed E-state index contributed by atoms with van der Waals surface area (Å²) < 4.78 is 11.3. The van der Waals surface area contributed by atoms with Crippen LogP contribution in [0.2, 0.25) is 0 Å². The molecule has 1 amide bonds. The molecular weight excluding hydrogens is 839 g/mol. The lowest BCUT2D eigenvalue weighted by Crippen LogP contribution is -2.60. The zero-order valence-electron chi connectivity index (χ0n) is 44.2. The van der Waals surface area contributed by atoms with Gasteiger partial charge >= 0.3 is 0 Å². The monoisotopic (exact) mass is 952 g/mol. The number of ether oxygens (including phenoxy) is 2. The predicted molar refractivity (Wildman–Crippen MR) is 281 cm³/mol. The summed E-state index contributed by atoms with van der Waals surface area (Å²) in [5, 5.41) is 54.5. The Morgan fingerprint density at radius 3 is 1.16 bits per heavy atom. The number of aliphatic hydroxyl groups excluding tert-OH is 5. The topological polar surface area (TPSA) is 149 Å². The first-order valence-corrected chi connectivity index (χ1v) is 29.4. The van der Waals surface area contributed by atoms with Crippen LogP contribution in [0.3, 0.4) is 0 Å². The quantitative estimate of drug-likeness (QED) is 0.0261. The largest absolute Gasteiger partial charge is 0.394 e. The molecule has 7 unspecified atom stereocenters. The molecule has 0 bridgehead atoms. The summed E-state index contributed by atoms with van der Waals surface area (Å²) >= 11 is 0. The van der Waals surface area contributed by atoms with E-state index < -0.39 is 49.5 Å². The van der Waals surface area contributed by atoms with Gasteiger partial charge in [0.05, 0.1) is 25.4 Å². The van der Waals surface area contributed by atoms with Crippen molar-refractivity contribution in [2.45, 2.75) is 339 Å². The first-order valence-electron chi connectivity index (χ1n) is 29.4. The van der Waals surface area contributed by atoms with Gasteiger partial charge in [0.1, 0.15) is 24.4 Å². The molecule has 6 N–H and O–H groups in total. The summed E-state index contributed by atoms with van der Waals surface area (Å²) in [7, 11) is 0. The smallest absolute Gasteiger partial charge is 0.220 e. The van der Waals surface area contributed by atoms with Gasteiger partial charge in [0.25, 0.3) is 0 Å². The zero-order chi connectivity index (χ0) is 48.7. The molecule has 1 rings (SSSR count). The number of allylic oxidation sites excluding steroid dienone is 1. The normalized spacial score (nSPS) is 19.7. The molecule has 0 aliphatic carbocycles. The Kier molecular flexibility index (Phi) is 46.3. The highest BCUT2D eigenvalue weighted by atomic mass is 16.7. The number of aliphatic hydroxyl groups is 5. The van der Waals surface area contributed by atoms with Crippen LogP contribution in [-0.2, 0) is 14.3 Å². The molecule has 0 aromatic carbocycles. The molecule has 0 saturated carbocycles. The van der Waals surface area contributed by atoms with Crippen molar-refractivity contribution in [2.75, 3.05) is 13.2 Å². The molecule has 0 radical (unpaired) electrons. The number of carbonyl (C=O) groups is 1. The minimum atomic E-state index is -1.56. The van der Waals surface area contributed by atoms with Crippen molar-refractivity contribution in [1.29, 1.82) is 0 Å². The van der Waals surface area contributed by atoms with Gasteiger partial charge in [-0.05, 0) is 19.3 Å². The van der Waals surface area contributed by atoms with Gasteiger partial charge in [-0.25, -0.2) is 0 Å². The molecule has 9 heteroatoms. The molecular formula is C58H113NO8. The lowest BCUT2D eigenvalue weighted by molar-refractivity contribution is -0.302. The van der Waals surface area contributed by atoms with E-state index in [4.69, 9.17) is 9.47 Å². The third-order valence-electron chi connectivity index (χ3n) is 14.4. The highest BCUT2D eigenvalue weighted by Crippen LogP contribution is 2.23. The van der Waals surface area contributed by atoms with Crippen LogP contribution in [0.1, 0.15) is 296 Å². The van der Waals surface area contributed by atoms with Crippen LogP contribution in [-0.4, -0.2) is 87.5 Å². The Bertz CT molecular complexity index is 1060. The number of amides is 1. The third kappa shape index (κ3) is 38.3. The maximum Gasteiger partial charge on any atom is 0.220 e. The van der Waals surface area contributed by atoms with Crippen molar-refractivity contribution in [3.8, 4) is 0 Å². The maximum absolute atomic E-state index is 13.0. The molecule has 7 atom stereocenters. The Balaban J connectivity index is 2.21. The van der Waals surface area contributed by atoms with Crippen LogP contribution in [0.25, 0.3) is 0 Å². The van der Waals surface area contributed by atoms with Crippen molar-refractivity contribution >= 4 is 5.91 Å². The van der Waals surface area contributed by atoms with Crippen LogP contribution in [0, 0.1) is 0 Å². The molecule has 0 aromatic heterocycles. The van der Waals surface area contributed by atoms with E-state index in [1.54, 1.807) is 6.08 Å². The number of unbranched alkanes of at least 4 members (excludes halogenated alkanes) is 41. The number of hydrogen-bond acceptors (Lipinski definition) is 8. The van der Waals surface area contributed by atoms with Gasteiger partial charge < -0.3 is 40.3 Å². The molecule has 0 spiro atoms. The van der Waals surface area contributed by atoms with Crippen molar-refractivity contribution in [3.05, 3.63) is 12.2 Å². The van der Waals surface area contributed by atoms with Crippen LogP contribution < -0.4 is 5.32 Å². The van der Waals surface area contributed by atoms with Crippen molar-refractivity contribution in [2.24, 2.45) is 0 Å². The fourth-order valence-corrected chi connectivity index (χ4v) is 9.69. The third-order valence-corrected chi connectivity index (χ3v) is 14.4. The standard InChI is InChI=1S/C58H113NO8/c1-3-5-7-9-11-13-15-17-19-21-23-24-25-26-27-28-30-31-33-35-37-39-41-43-45-47-52(61)51(50-66-58-57(65)56(64)55(63)53(49-60)67-58)59-54(62)48-46-44-42-40-38-36-34-32-29-22-20-18-16-14-12-10-8-6-4-2/h45,47,51-53,55-58,60-61,63-65H,3-44,46,48-50H2,1-2H3,(H,59,62)/b47-45+. The first-order chi connectivity index (χ1) is 32.8. The molecule has 1 fully saturated rings. The first kappa shape index (κ1) is 63.9. The molecule has 398 valence electrons. The Hall–Kier alpha value is -1.07. The zero-order valence-corrected chi connectivity index (χ0v) is 44.2. The van der Waals surface area contributed by atoms with Gasteiger partial charge in [0.2, 0.25) is 5.91 Å². The van der Waals surface area contributed by atoms with Gasteiger partial charge in [0, 0.05) is 6.42 Å². The molecule has 0 aromatic rings. The number of carbonyl (C=O) groups excluding carboxylic acids is 1. The summed E-state index contributed by atoms with van der Waals surface area (Å²) in [5.41, 5.74) is 0. The van der Waals surface area contributed by atoms with Gasteiger partial charge in [-0.15, -0.1) is 0 Å². The van der Waals surface area contributed by atoms with Crippen LogP contribution in [0.4, 0.5) is 0 Å². The lowest BCUT2D eigenvalue weighted by atomic mass is 9.99. The second-order valence-corrected chi connectivity index (χ2v) is 20.8. The minimum absolute atomic E-state index is 0.170. The Morgan fingerprint density at radius 1 is 0.493 bits per heavy atom. The summed E-state index contributed by atoms with van der Waals surface area (Å²) in [6.45, 7) is 3.82. The summed E-state index contributed by atoms with van der Waals surface area (Å²) in [5.74, 6) is -0.170. The van der Waals surface area contributed by atoms with Crippen molar-refractivity contribution < 1.29 is 39.8 Å². The summed E-state index contributed by atoms with van der Waals surface area (Å²) in [6, 6.07) is -0.800. The van der Waals surface area contributed by atoms with Gasteiger partial charge in [0.15, 0.2) is 6.29 Å². The fraction of sp³-hybridized carbons (Fsp3) is 0.948. The van der Waals surface area contributed by atoms with Gasteiger partial charge in [-0.1, -0.05) is 283 Å². The molecule has 67 heavy (non-hydrogen) atoms. The highest BCUT2D eigenvalue weighted by molar-refractivity contribution is 5.76. The molecule has 1 heterocycles. The number of nitrogens with one attached hydrogen (secondary N) is 1. The highest BCUT2D eigenvalue weighted by Gasteiger charge is 2.44. The summed E-state index contributed by atoms with van der Waals surface area (Å²) in [4.78, 5) is 13.0.